The van der Waals surface area contributed by atoms with E-state index in [-0.39, 0.29) is 0 Å². The third-order valence-corrected chi connectivity index (χ3v) is 6.50. The second-order valence-electron chi connectivity index (χ2n) is 8.67. The summed E-state index contributed by atoms with van der Waals surface area (Å²) < 4.78 is 13.3. The summed E-state index contributed by atoms with van der Waals surface area (Å²) in [4.78, 5) is 28.0. The molecule has 0 bridgehead atoms. The number of ether oxygens (including phenoxy) is 2. The predicted molar refractivity (Wildman–Crippen MR) is 142 cm³/mol. The van der Waals surface area contributed by atoms with Crippen LogP contribution in [-0.4, -0.2) is 55.8 Å². The zero-order valence-electron chi connectivity index (χ0n) is 20.7. The molecule has 3 heterocycles. The highest BCUT2D eigenvalue weighted by Gasteiger charge is 2.48. The van der Waals surface area contributed by atoms with Gasteiger partial charge in [-0.3, -0.25) is 9.36 Å². The molecule has 1 aliphatic rings. The second-order valence-corrected chi connectivity index (χ2v) is 9.11. The van der Waals surface area contributed by atoms with E-state index in [2.05, 4.69) is 35.6 Å². The number of likely N-dealkylation sites (N-methyl/N-ethyl adjacent to an activating group) is 1. The van der Waals surface area contributed by atoms with Crippen molar-refractivity contribution in [3.05, 3.63) is 87.8 Å². The number of rotatable bonds is 9. The van der Waals surface area contributed by atoms with Crippen LogP contribution in [0, 0.1) is 0 Å². The average molecular weight is 550 g/mol. The zero-order chi connectivity index (χ0) is 27.4. The minimum Gasteiger partial charge on any atom is -0.489 e. The Labute approximate surface area is 227 Å². The molecule has 0 spiro atoms. The van der Waals surface area contributed by atoms with Gasteiger partial charge in [-0.05, 0) is 29.3 Å². The summed E-state index contributed by atoms with van der Waals surface area (Å²) in [5.41, 5.74) is 11.5. The molecule has 200 valence electrons. The molecular weight excluding hydrogens is 526 g/mol. The van der Waals surface area contributed by atoms with E-state index < -0.39 is 30.4 Å². The molecule has 4 atom stereocenters. The summed E-state index contributed by atoms with van der Waals surface area (Å²) in [6, 6.07) is 14.1. The Morgan fingerprint density at radius 3 is 2.85 bits per heavy atom. The number of nitrogens with zero attached hydrogens (tertiary/aromatic N) is 7. The van der Waals surface area contributed by atoms with Crippen LogP contribution in [0.15, 0.2) is 66.3 Å². The van der Waals surface area contributed by atoms with Crippen LogP contribution in [0.25, 0.3) is 21.6 Å². The molecule has 13 nitrogen and oxygen atoms in total. The van der Waals surface area contributed by atoms with Crippen molar-refractivity contribution in [2.45, 2.75) is 37.6 Å². The predicted octanol–water partition coefficient (Wildman–Crippen LogP) is 3.35. The summed E-state index contributed by atoms with van der Waals surface area (Å²) in [5.74, 6) is 0.565. The fourth-order valence-corrected chi connectivity index (χ4v) is 4.54. The molecular formula is C25H24ClN9O4. The van der Waals surface area contributed by atoms with Gasteiger partial charge in [-0.2, -0.15) is 0 Å². The van der Waals surface area contributed by atoms with E-state index in [0.29, 0.717) is 40.9 Å². The van der Waals surface area contributed by atoms with Crippen molar-refractivity contribution in [3.8, 4) is 5.75 Å². The Balaban J connectivity index is 1.37. The smallest absolute Gasteiger partial charge is 0.249 e. The summed E-state index contributed by atoms with van der Waals surface area (Å²) in [6.45, 7) is 0.721. The Morgan fingerprint density at radius 2 is 2.08 bits per heavy atom. The molecule has 5 rings (SSSR count). The summed E-state index contributed by atoms with van der Waals surface area (Å²) >= 11 is 6.26. The molecule has 3 N–H and O–H groups in total. The number of amides is 1. The van der Waals surface area contributed by atoms with Gasteiger partial charge >= 0.3 is 0 Å². The number of aliphatic hydroxyl groups excluding tert-OH is 1. The fraction of sp³-hybridized carbons (Fsp3) is 0.280. The van der Waals surface area contributed by atoms with E-state index in [1.165, 1.54) is 24.3 Å². The van der Waals surface area contributed by atoms with E-state index in [4.69, 9.17) is 26.6 Å². The van der Waals surface area contributed by atoms with E-state index in [0.717, 1.165) is 11.1 Å². The van der Waals surface area contributed by atoms with Crippen molar-refractivity contribution >= 4 is 34.5 Å². The van der Waals surface area contributed by atoms with Crippen molar-refractivity contribution in [2.24, 2.45) is 5.11 Å². The highest BCUT2D eigenvalue weighted by molar-refractivity contribution is 6.30. The van der Waals surface area contributed by atoms with Crippen LogP contribution in [0.2, 0.25) is 5.02 Å². The molecule has 0 unspecified atom stereocenters. The van der Waals surface area contributed by atoms with Crippen LogP contribution in [0.5, 0.6) is 5.75 Å². The SMILES string of the molecule is CNC(=O)[C@H]1O[C@@H](n2cnc3c(NCc4cc(Cl)ccc4OCc4ccccc4)ncnc32)[C@H](O)[C@@H]1N=[N+]=[N-]. The second kappa shape index (κ2) is 11.5. The topological polar surface area (TPSA) is 172 Å². The highest BCUT2D eigenvalue weighted by atomic mass is 35.5. The number of fused-ring (bicyclic) bond motifs is 1. The van der Waals surface area contributed by atoms with E-state index in [1.807, 2.05) is 42.5 Å². The van der Waals surface area contributed by atoms with Crippen molar-refractivity contribution in [1.29, 1.82) is 0 Å². The summed E-state index contributed by atoms with van der Waals surface area (Å²) in [5, 5.41) is 20.7. The number of anilines is 1. The molecule has 0 radical (unpaired) electrons. The van der Waals surface area contributed by atoms with Crippen molar-refractivity contribution < 1.29 is 19.4 Å². The van der Waals surface area contributed by atoms with Gasteiger partial charge in [-0.15, -0.1) is 0 Å². The summed E-state index contributed by atoms with van der Waals surface area (Å²) in [6.07, 6.45) is -0.800. The minimum absolute atomic E-state index is 0.323. The maximum atomic E-state index is 12.3. The van der Waals surface area contributed by atoms with E-state index in [9.17, 15) is 9.90 Å². The minimum atomic E-state index is -1.32. The molecule has 2 aromatic carbocycles. The number of benzene rings is 2. The fourth-order valence-electron chi connectivity index (χ4n) is 4.35. The number of nitrogens with one attached hydrogen (secondary N) is 2. The Bertz CT molecular complexity index is 1530. The zero-order valence-corrected chi connectivity index (χ0v) is 21.4. The number of halogens is 1. The Morgan fingerprint density at radius 1 is 1.26 bits per heavy atom. The maximum absolute atomic E-state index is 12.3. The van der Waals surface area contributed by atoms with E-state index >= 15 is 0 Å². The quantitative estimate of drug-likeness (QED) is 0.162. The number of carbonyl (C=O) groups excluding carboxylic acids is 1. The van der Waals surface area contributed by atoms with Gasteiger partial charge in [0.05, 0.1) is 6.33 Å². The standard InChI is InChI=1S/C25H24ClN9O4/c1-28-24(37)21-18(33-34-27)20(36)25(39-21)35-13-32-19-22(30-12-31-23(19)35)29-10-15-9-16(26)7-8-17(15)38-11-14-5-3-2-4-6-14/h2-9,12-13,18,20-21,25,36H,10-11H2,1H3,(H,28,37)(H,29,30,31)/t18-,20+,21-,25+/m0/s1. The van der Waals surface area contributed by atoms with Gasteiger partial charge in [-0.25, -0.2) is 15.0 Å². The lowest BCUT2D eigenvalue weighted by atomic mass is 10.1. The van der Waals surface area contributed by atoms with Gasteiger partial charge in [0.15, 0.2) is 23.2 Å². The van der Waals surface area contributed by atoms with Gasteiger partial charge in [0.2, 0.25) is 5.91 Å². The molecule has 39 heavy (non-hydrogen) atoms. The first-order valence-corrected chi connectivity index (χ1v) is 12.3. The third-order valence-electron chi connectivity index (χ3n) is 6.27. The number of imidazole rings is 1. The van der Waals surface area contributed by atoms with Crippen LogP contribution in [-0.2, 0) is 22.7 Å². The lowest BCUT2D eigenvalue weighted by Gasteiger charge is -2.17. The molecule has 0 aliphatic carbocycles. The molecule has 2 aromatic heterocycles. The van der Waals surface area contributed by atoms with Crippen molar-refractivity contribution in [1.82, 2.24) is 24.8 Å². The lowest BCUT2D eigenvalue weighted by molar-refractivity contribution is -0.134. The highest BCUT2D eigenvalue weighted by Crippen LogP contribution is 2.34. The Kier molecular flexibility index (Phi) is 7.75. The first kappa shape index (κ1) is 26.2. The first-order valence-electron chi connectivity index (χ1n) is 12.0. The number of hydrogen-bond donors (Lipinski definition) is 3. The van der Waals surface area contributed by atoms with E-state index in [1.54, 1.807) is 6.07 Å². The number of aliphatic hydroxyl groups is 1. The third kappa shape index (κ3) is 5.42. The summed E-state index contributed by atoms with van der Waals surface area (Å²) in [7, 11) is 1.42. The number of carbonyl (C=O) groups is 1. The molecule has 4 aromatic rings. The van der Waals surface area contributed by atoms with Gasteiger partial charge in [0.25, 0.3) is 0 Å². The molecule has 1 amide bonds. The normalized spacial score (nSPS) is 20.4. The van der Waals surface area contributed by atoms with Crippen LogP contribution in [0.1, 0.15) is 17.4 Å². The lowest BCUT2D eigenvalue weighted by Crippen LogP contribution is -2.40. The van der Waals surface area contributed by atoms with Crippen LogP contribution < -0.4 is 15.4 Å². The van der Waals surface area contributed by atoms with Crippen LogP contribution in [0.3, 0.4) is 0 Å². The number of hydrogen-bond acceptors (Lipinski definition) is 9. The van der Waals surface area contributed by atoms with Gasteiger partial charge in [-0.1, -0.05) is 47.0 Å². The number of azide groups is 1. The first-order chi connectivity index (χ1) is 19.0. The average Bonchev–Trinajstić information content (AvgIpc) is 3.53. The Hall–Kier alpha value is -4.42. The van der Waals surface area contributed by atoms with Crippen molar-refractivity contribution in [3.63, 3.8) is 0 Å². The number of aromatic nitrogens is 4. The van der Waals surface area contributed by atoms with Gasteiger partial charge < -0.3 is 25.2 Å². The maximum Gasteiger partial charge on any atom is 0.249 e. The van der Waals surface area contributed by atoms with Gasteiger partial charge in [0.1, 0.15) is 36.9 Å². The largest absolute Gasteiger partial charge is 0.489 e. The van der Waals surface area contributed by atoms with Gasteiger partial charge in [0, 0.05) is 29.1 Å². The monoisotopic (exact) mass is 549 g/mol. The molecule has 1 aliphatic heterocycles. The molecule has 1 saturated heterocycles. The molecule has 1 fully saturated rings. The molecule has 0 saturated carbocycles. The van der Waals surface area contributed by atoms with Crippen LogP contribution >= 0.6 is 11.6 Å². The van der Waals surface area contributed by atoms with Crippen LogP contribution in [0.4, 0.5) is 5.82 Å². The van der Waals surface area contributed by atoms with Crippen molar-refractivity contribution in [2.75, 3.05) is 12.4 Å². The molecule has 14 heteroatoms.